The van der Waals surface area contributed by atoms with E-state index < -0.39 is 18.8 Å². The molecule has 0 aliphatic carbocycles. The average molecular weight is 457 g/mol. The third-order valence-corrected chi connectivity index (χ3v) is 4.98. The molecule has 0 radical (unpaired) electrons. The van der Waals surface area contributed by atoms with Crippen molar-refractivity contribution in [1.82, 2.24) is 15.1 Å². The lowest BCUT2D eigenvalue weighted by Crippen LogP contribution is -2.54. The Morgan fingerprint density at radius 3 is 2.41 bits per heavy atom. The Morgan fingerprint density at radius 2 is 1.81 bits per heavy atom. The highest BCUT2D eigenvalue weighted by Crippen LogP contribution is 2.15. The fourth-order valence-corrected chi connectivity index (χ4v) is 3.25. The van der Waals surface area contributed by atoms with Crippen molar-refractivity contribution in [3.8, 4) is 5.75 Å². The number of nitrogens with one attached hydrogen (secondary N) is 1. The van der Waals surface area contributed by atoms with Gasteiger partial charge in [-0.25, -0.2) is 0 Å². The van der Waals surface area contributed by atoms with Crippen molar-refractivity contribution in [3.05, 3.63) is 35.9 Å². The molecular formula is C22H30F3N3O4. The molecule has 1 unspecified atom stereocenters. The number of halogens is 3. The molecule has 0 spiro atoms. The van der Waals surface area contributed by atoms with Crippen LogP contribution in [0.25, 0.3) is 6.08 Å². The quantitative estimate of drug-likeness (QED) is 0.431. The molecule has 7 nitrogen and oxygen atoms in total. The van der Waals surface area contributed by atoms with Crippen LogP contribution in [0.1, 0.15) is 18.9 Å². The molecular weight excluding hydrogens is 427 g/mol. The van der Waals surface area contributed by atoms with Gasteiger partial charge in [-0.3, -0.25) is 14.5 Å². The highest BCUT2D eigenvalue weighted by atomic mass is 19.4. The minimum Gasteiger partial charge on any atom is -0.497 e. The van der Waals surface area contributed by atoms with Gasteiger partial charge in [-0.05, 0) is 37.1 Å². The number of rotatable bonds is 10. The number of ether oxygens (including phenoxy) is 2. The van der Waals surface area contributed by atoms with Gasteiger partial charge in [0.05, 0.1) is 7.11 Å². The van der Waals surface area contributed by atoms with E-state index in [-0.39, 0.29) is 18.4 Å². The first kappa shape index (κ1) is 25.7. The van der Waals surface area contributed by atoms with E-state index in [1.54, 1.807) is 37.1 Å². The number of piperazine rings is 1. The summed E-state index contributed by atoms with van der Waals surface area (Å²) in [6.45, 7) is 3.34. The average Bonchev–Trinajstić information content (AvgIpc) is 2.77. The zero-order chi connectivity index (χ0) is 23.6. The lowest BCUT2D eigenvalue weighted by atomic mass is 10.2. The van der Waals surface area contributed by atoms with Gasteiger partial charge >= 0.3 is 6.18 Å². The van der Waals surface area contributed by atoms with E-state index in [1.807, 2.05) is 12.1 Å². The van der Waals surface area contributed by atoms with Gasteiger partial charge in [0.25, 0.3) is 0 Å². The van der Waals surface area contributed by atoms with Crippen LogP contribution in [0.15, 0.2) is 30.3 Å². The second-order valence-corrected chi connectivity index (χ2v) is 7.53. The number of amides is 2. The minimum atomic E-state index is -4.30. The Balaban J connectivity index is 1.67. The van der Waals surface area contributed by atoms with Gasteiger partial charge in [0.2, 0.25) is 11.8 Å². The molecule has 2 amide bonds. The number of benzene rings is 1. The maximum Gasteiger partial charge on any atom is 0.411 e. The predicted molar refractivity (Wildman–Crippen MR) is 114 cm³/mol. The van der Waals surface area contributed by atoms with Crippen molar-refractivity contribution in [3.63, 3.8) is 0 Å². The van der Waals surface area contributed by atoms with Gasteiger partial charge in [0.15, 0.2) is 0 Å². The molecule has 1 heterocycles. The van der Waals surface area contributed by atoms with Crippen LogP contribution in [-0.2, 0) is 14.3 Å². The van der Waals surface area contributed by atoms with E-state index in [1.165, 1.54) is 6.08 Å². The SMILES string of the molecule is COc1ccc(/C=C/C(=O)NC(C)C(=O)N2CCN(CCCOCC(F)(F)F)CC2)cc1. The van der Waals surface area contributed by atoms with E-state index in [2.05, 4.69) is 15.0 Å². The predicted octanol–water partition coefficient (Wildman–Crippen LogP) is 2.33. The second-order valence-electron chi connectivity index (χ2n) is 7.53. The van der Waals surface area contributed by atoms with Crippen LogP contribution in [0.3, 0.4) is 0 Å². The Bertz CT molecular complexity index is 761. The zero-order valence-corrected chi connectivity index (χ0v) is 18.4. The van der Waals surface area contributed by atoms with Crippen LogP contribution in [0.2, 0.25) is 0 Å². The summed E-state index contributed by atoms with van der Waals surface area (Å²) < 4.78 is 45.8. The van der Waals surface area contributed by atoms with Crippen molar-refractivity contribution < 1.29 is 32.2 Å². The van der Waals surface area contributed by atoms with Gasteiger partial charge in [-0.1, -0.05) is 12.1 Å². The number of carbonyl (C=O) groups excluding carboxylic acids is 2. The van der Waals surface area contributed by atoms with Crippen molar-refractivity contribution >= 4 is 17.9 Å². The largest absolute Gasteiger partial charge is 0.497 e. The summed E-state index contributed by atoms with van der Waals surface area (Å²) in [5.41, 5.74) is 0.833. The first-order valence-corrected chi connectivity index (χ1v) is 10.5. The van der Waals surface area contributed by atoms with Crippen LogP contribution < -0.4 is 10.1 Å². The highest BCUT2D eigenvalue weighted by Gasteiger charge is 2.27. The van der Waals surface area contributed by atoms with Crippen LogP contribution in [0.4, 0.5) is 13.2 Å². The minimum absolute atomic E-state index is 0.0474. The number of hydrogen-bond donors (Lipinski definition) is 1. The standard InChI is InChI=1S/C22H30F3N3O4/c1-17(26-20(29)9-6-18-4-7-19(31-2)8-5-18)21(30)28-13-11-27(12-14-28)10-3-15-32-16-22(23,24)25/h4-9,17H,3,10-16H2,1-2H3,(H,26,29)/b9-6+. The maximum absolute atomic E-state index is 12.6. The van der Waals surface area contributed by atoms with Crippen molar-refractivity contribution in [2.75, 3.05) is 53.0 Å². The topological polar surface area (TPSA) is 71.1 Å². The van der Waals surface area contributed by atoms with Crippen molar-refractivity contribution in [2.45, 2.75) is 25.6 Å². The molecule has 1 saturated heterocycles. The fourth-order valence-electron chi connectivity index (χ4n) is 3.25. The van der Waals surface area contributed by atoms with Crippen LogP contribution in [-0.4, -0.2) is 86.9 Å². The van der Waals surface area contributed by atoms with E-state index in [9.17, 15) is 22.8 Å². The molecule has 0 bridgehead atoms. The molecule has 0 saturated carbocycles. The number of hydrogen-bond acceptors (Lipinski definition) is 5. The Morgan fingerprint density at radius 1 is 1.16 bits per heavy atom. The summed E-state index contributed by atoms with van der Waals surface area (Å²) in [6.07, 6.45) is -0.770. The Labute approximate surface area is 186 Å². The molecule has 1 aromatic carbocycles. The molecule has 32 heavy (non-hydrogen) atoms. The summed E-state index contributed by atoms with van der Waals surface area (Å²) >= 11 is 0. The molecule has 2 rings (SSSR count). The van der Waals surface area contributed by atoms with Crippen LogP contribution in [0, 0.1) is 0 Å². The van der Waals surface area contributed by atoms with E-state index >= 15 is 0 Å². The number of methoxy groups -OCH3 is 1. The van der Waals surface area contributed by atoms with Gasteiger partial charge < -0.3 is 19.7 Å². The van der Waals surface area contributed by atoms with Gasteiger partial charge in [0.1, 0.15) is 18.4 Å². The normalized spacial score (nSPS) is 16.2. The van der Waals surface area contributed by atoms with Crippen LogP contribution in [0.5, 0.6) is 5.75 Å². The lowest BCUT2D eigenvalue weighted by molar-refractivity contribution is -0.174. The fraction of sp³-hybridized carbons (Fsp3) is 0.545. The zero-order valence-electron chi connectivity index (χ0n) is 18.4. The number of nitrogens with zero attached hydrogens (tertiary/aromatic N) is 2. The first-order chi connectivity index (χ1) is 15.2. The van der Waals surface area contributed by atoms with Crippen molar-refractivity contribution in [1.29, 1.82) is 0 Å². The molecule has 1 aromatic rings. The first-order valence-electron chi connectivity index (χ1n) is 10.5. The smallest absolute Gasteiger partial charge is 0.411 e. The van der Waals surface area contributed by atoms with Crippen LogP contribution >= 0.6 is 0 Å². The Kier molecular flexibility index (Phi) is 9.98. The van der Waals surface area contributed by atoms with E-state index in [0.29, 0.717) is 39.1 Å². The molecule has 1 aliphatic rings. The molecule has 10 heteroatoms. The van der Waals surface area contributed by atoms with Gasteiger partial charge in [-0.2, -0.15) is 13.2 Å². The second kappa shape index (κ2) is 12.4. The molecule has 1 aliphatic heterocycles. The van der Waals surface area contributed by atoms with E-state index in [4.69, 9.17) is 4.74 Å². The van der Waals surface area contributed by atoms with Crippen molar-refractivity contribution in [2.24, 2.45) is 0 Å². The summed E-state index contributed by atoms with van der Waals surface area (Å²) in [6, 6.07) is 6.56. The molecule has 0 aromatic heterocycles. The third-order valence-electron chi connectivity index (χ3n) is 4.98. The maximum atomic E-state index is 12.6. The van der Waals surface area contributed by atoms with Gasteiger partial charge in [0, 0.05) is 45.4 Å². The van der Waals surface area contributed by atoms with Gasteiger partial charge in [-0.15, -0.1) is 0 Å². The van der Waals surface area contributed by atoms with E-state index in [0.717, 1.165) is 11.3 Å². The molecule has 178 valence electrons. The molecule has 1 N–H and O–H groups in total. The Hall–Kier alpha value is -2.59. The summed E-state index contributed by atoms with van der Waals surface area (Å²) in [5.74, 6) is 0.198. The monoisotopic (exact) mass is 457 g/mol. The lowest BCUT2D eigenvalue weighted by Gasteiger charge is -2.36. The molecule has 1 atom stereocenters. The summed E-state index contributed by atoms with van der Waals surface area (Å²) in [4.78, 5) is 28.5. The highest BCUT2D eigenvalue weighted by molar-refractivity contribution is 5.95. The molecule has 1 fully saturated rings. The summed E-state index contributed by atoms with van der Waals surface area (Å²) in [7, 11) is 1.58. The number of carbonyl (C=O) groups is 2. The summed E-state index contributed by atoms with van der Waals surface area (Å²) in [5, 5.41) is 2.68. The number of alkyl halides is 3. The third kappa shape index (κ3) is 9.27.